The van der Waals surface area contributed by atoms with E-state index in [1.165, 1.54) is 24.3 Å². The first-order valence-electron chi connectivity index (χ1n) is 5.63. The fourth-order valence-electron chi connectivity index (χ4n) is 1.59. The molecule has 0 saturated heterocycles. The highest BCUT2D eigenvalue weighted by Gasteiger charge is 2.13. The van der Waals surface area contributed by atoms with Gasteiger partial charge in [-0.25, -0.2) is 13.6 Å². The molecule has 0 bridgehead atoms. The molecule has 0 unspecified atom stereocenters. The lowest BCUT2D eigenvalue weighted by atomic mass is 10.2. The van der Waals surface area contributed by atoms with Gasteiger partial charge in [-0.05, 0) is 36.4 Å². The van der Waals surface area contributed by atoms with Gasteiger partial charge in [0.15, 0.2) is 0 Å². The third-order valence-corrected chi connectivity index (χ3v) is 2.97. The summed E-state index contributed by atoms with van der Waals surface area (Å²) in [6, 6.07) is 7.08. The standard InChI is InChI=1S/C14H10ClF2NO2/c15-12-4-2-9(16)5-8(12)7-20-14(19)11-3-1-10(17)6-13(11)18/h1-6H,7,18H2. The third kappa shape index (κ3) is 3.24. The Morgan fingerprint density at radius 3 is 2.50 bits per heavy atom. The Bertz CT molecular complexity index is 662. The van der Waals surface area contributed by atoms with Crippen molar-refractivity contribution in [2.45, 2.75) is 6.61 Å². The zero-order valence-electron chi connectivity index (χ0n) is 10.2. The van der Waals surface area contributed by atoms with Crippen molar-refractivity contribution in [1.29, 1.82) is 0 Å². The maximum atomic E-state index is 13.0. The summed E-state index contributed by atoms with van der Waals surface area (Å²) in [5.41, 5.74) is 5.87. The summed E-state index contributed by atoms with van der Waals surface area (Å²) in [6.07, 6.45) is 0. The van der Waals surface area contributed by atoms with Crippen LogP contribution in [0.3, 0.4) is 0 Å². The molecule has 0 amide bonds. The Hall–Kier alpha value is -2.14. The second kappa shape index (κ2) is 5.88. The van der Waals surface area contributed by atoms with Gasteiger partial charge in [0, 0.05) is 16.3 Å². The number of halogens is 3. The molecule has 20 heavy (non-hydrogen) atoms. The van der Waals surface area contributed by atoms with E-state index in [1.807, 2.05) is 0 Å². The van der Waals surface area contributed by atoms with E-state index in [0.29, 0.717) is 5.56 Å². The van der Waals surface area contributed by atoms with Crippen molar-refractivity contribution in [3.63, 3.8) is 0 Å². The van der Waals surface area contributed by atoms with Crippen LogP contribution in [0.4, 0.5) is 14.5 Å². The lowest BCUT2D eigenvalue weighted by molar-refractivity contribution is 0.0473. The lowest BCUT2D eigenvalue weighted by Crippen LogP contribution is -2.09. The number of carbonyl (C=O) groups is 1. The van der Waals surface area contributed by atoms with Gasteiger partial charge in [-0.2, -0.15) is 0 Å². The van der Waals surface area contributed by atoms with Crippen LogP contribution in [0.1, 0.15) is 15.9 Å². The summed E-state index contributed by atoms with van der Waals surface area (Å²) in [4.78, 5) is 11.8. The summed E-state index contributed by atoms with van der Waals surface area (Å²) >= 11 is 5.85. The smallest absolute Gasteiger partial charge is 0.340 e. The number of hydrogen-bond acceptors (Lipinski definition) is 3. The number of anilines is 1. The first-order valence-corrected chi connectivity index (χ1v) is 6.01. The van der Waals surface area contributed by atoms with Crippen LogP contribution in [0.2, 0.25) is 5.02 Å². The molecule has 6 heteroatoms. The van der Waals surface area contributed by atoms with Crippen LogP contribution in [0, 0.1) is 11.6 Å². The summed E-state index contributed by atoms with van der Waals surface area (Å²) in [5, 5.41) is 0.284. The largest absolute Gasteiger partial charge is 0.457 e. The molecule has 0 atom stereocenters. The summed E-state index contributed by atoms with van der Waals surface area (Å²) < 4.78 is 30.9. The number of benzene rings is 2. The maximum absolute atomic E-state index is 13.0. The molecule has 0 saturated carbocycles. The van der Waals surface area contributed by atoms with Crippen molar-refractivity contribution in [2.75, 3.05) is 5.73 Å². The number of nitrogens with two attached hydrogens (primary N) is 1. The fourth-order valence-corrected chi connectivity index (χ4v) is 1.77. The molecule has 2 aromatic rings. The second-order valence-electron chi connectivity index (χ2n) is 4.04. The first-order chi connectivity index (χ1) is 9.47. The van der Waals surface area contributed by atoms with Crippen LogP contribution in [0.25, 0.3) is 0 Å². The molecule has 0 aliphatic heterocycles. The molecule has 104 valence electrons. The first kappa shape index (κ1) is 14.3. The van der Waals surface area contributed by atoms with E-state index in [-0.39, 0.29) is 22.9 Å². The molecular formula is C14H10ClF2NO2. The molecule has 0 aliphatic carbocycles. The van der Waals surface area contributed by atoms with Gasteiger partial charge in [-0.3, -0.25) is 0 Å². The van der Waals surface area contributed by atoms with E-state index in [2.05, 4.69) is 0 Å². The highest BCUT2D eigenvalue weighted by atomic mass is 35.5. The van der Waals surface area contributed by atoms with Crippen molar-refractivity contribution in [3.8, 4) is 0 Å². The second-order valence-corrected chi connectivity index (χ2v) is 4.45. The number of rotatable bonds is 3. The Balaban J connectivity index is 2.10. The van der Waals surface area contributed by atoms with E-state index in [0.717, 1.165) is 12.1 Å². The molecule has 2 N–H and O–H groups in total. The number of ether oxygens (including phenoxy) is 1. The monoisotopic (exact) mass is 297 g/mol. The Labute approximate surface area is 118 Å². The normalized spacial score (nSPS) is 10.3. The number of hydrogen-bond donors (Lipinski definition) is 1. The van der Waals surface area contributed by atoms with Crippen molar-refractivity contribution < 1.29 is 18.3 Å². The average Bonchev–Trinajstić information content (AvgIpc) is 2.39. The van der Waals surface area contributed by atoms with Crippen LogP contribution < -0.4 is 5.73 Å². The van der Waals surface area contributed by atoms with Gasteiger partial charge in [-0.15, -0.1) is 0 Å². The van der Waals surface area contributed by atoms with Gasteiger partial charge in [0.05, 0.1) is 5.56 Å². The number of esters is 1. The van der Waals surface area contributed by atoms with Crippen LogP contribution in [0.5, 0.6) is 0 Å². The molecule has 3 nitrogen and oxygen atoms in total. The summed E-state index contributed by atoms with van der Waals surface area (Å²) in [7, 11) is 0. The maximum Gasteiger partial charge on any atom is 0.340 e. The fraction of sp³-hybridized carbons (Fsp3) is 0.0714. The van der Waals surface area contributed by atoms with Crippen LogP contribution in [-0.4, -0.2) is 5.97 Å². The SMILES string of the molecule is Nc1cc(F)ccc1C(=O)OCc1cc(F)ccc1Cl. The lowest BCUT2D eigenvalue weighted by Gasteiger charge is -2.08. The van der Waals surface area contributed by atoms with Gasteiger partial charge in [0.25, 0.3) is 0 Å². The molecule has 0 spiro atoms. The molecule has 2 aromatic carbocycles. The minimum atomic E-state index is -0.733. The van der Waals surface area contributed by atoms with E-state index < -0.39 is 17.6 Å². The van der Waals surface area contributed by atoms with Crippen molar-refractivity contribution in [1.82, 2.24) is 0 Å². The number of carbonyl (C=O) groups excluding carboxylic acids is 1. The van der Waals surface area contributed by atoms with E-state index in [9.17, 15) is 13.6 Å². The summed E-state index contributed by atoms with van der Waals surface area (Å²) in [6.45, 7) is -0.202. The van der Waals surface area contributed by atoms with E-state index in [1.54, 1.807) is 0 Å². The Kier molecular flexibility index (Phi) is 4.20. The molecule has 0 fully saturated rings. The molecule has 2 rings (SSSR count). The predicted molar refractivity (Wildman–Crippen MR) is 71.3 cm³/mol. The molecule has 0 heterocycles. The van der Waals surface area contributed by atoms with E-state index in [4.69, 9.17) is 22.1 Å². The highest BCUT2D eigenvalue weighted by Crippen LogP contribution is 2.20. The minimum absolute atomic E-state index is 0.0275. The van der Waals surface area contributed by atoms with Gasteiger partial charge in [-0.1, -0.05) is 11.6 Å². The zero-order valence-corrected chi connectivity index (χ0v) is 11.0. The van der Waals surface area contributed by atoms with Gasteiger partial charge < -0.3 is 10.5 Å². The molecule has 0 aliphatic rings. The zero-order chi connectivity index (χ0) is 14.7. The molecule has 0 aromatic heterocycles. The van der Waals surface area contributed by atoms with Crippen molar-refractivity contribution in [2.24, 2.45) is 0 Å². The van der Waals surface area contributed by atoms with Crippen LogP contribution >= 0.6 is 11.6 Å². The Morgan fingerprint density at radius 2 is 1.80 bits per heavy atom. The average molecular weight is 298 g/mol. The van der Waals surface area contributed by atoms with Gasteiger partial charge >= 0.3 is 5.97 Å². The quantitative estimate of drug-likeness (QED) is 0.696. The number of nitrogen functional groups attached to an aromatic ring is 1. The third-order valence-electron chi connectivity index (χ3n) is 2.60. The Morgan fingerprint density at radius 1 is 1.15 bits per heavy atom. The van der Waals surface area contributed by atoms with Crippen molar-refractivity contribution >= 4 is 23.3 Å². The highest BCUT2D eigenvalue weighted by molar-refractivity contribution is 6.31. The molecular weight excluding hydrogens is 288 g/mol. The summed E-state index contributed by atoms with van der Waals surface area (Å²) in [5.74, 6) is -1.77. The van der Waals surface area contributed by atoms with Crippen molar-refractivity contribution in [3.05, 3.63) is 64.2 Å². The topological polar surface area (TPSA) is 52.3 Å². The van der Waals surface area contributed by atoms with Crippen LogP contribution in [-0.2, 0) is 11.3 Å². The van der Waals surface area contributed by atoms with Gasteiger partial charge in [0.1, 0.15) is 18.2 Å². The van der Waals surface area contributed by atoms with Gasteiger partial charge in [0.2, 0.25) is 0 Å². The predicted octanol–water partition coefficient (Wildman–Crippen LogP) is 3.56. The molecule has 0 radical (unpaired) electrons. The minimum Gasteiger partial charge on any atom is -0.457 e. The van der Waals surface area contributed by atoms with E-state index >= 15 is 0 Å². The van der Waals surface area contributed by atoms with Crippen LogP contribution in [0.15, 0.2) is 36.4 Å².